The van der Waals surface area contributed by atoms with Gasteiger partial charge in [-0.2, -0.15) is 0 Å². The summed E-state index contributed by atoms with van der Waals surface area (Å²) >= 11 is 0. The van der Waals surface area contributed by atoms with Gasteiger partial charge in [0, 0.05) is 24.5 Å². The summed E-state index contributed by atoms with van der Waals surface area (Å²) in [5.74, 6) is -2.09. The fourth-order valence-corrected chi connectivity index (χ4v) is 3.55. The molecule has 0 aliphatic heterocycles. The van der Waals surface area contributed by atoms with E-state index in [0.717, 1.165) is 18.4 Å². The number of anilines is 1. The Balaban J connectivity index is 1.73. The van der Waals surface area contributed by atoms with Gasteiger partial charge in [-0.3, -0.25) is 0 Å². The molecule has 0 aliphatic carbocycles. The summed E-state index contributed by atoms with van der Waals surface area (Å²) < 4.78 is 71.7. The molecule has 31 heavy (non-hydrogen) atoms. The Hall–Kier alpha value is -3.38. The van der Waals surface area contributed by atoms with E-state index in [1.807, 2.05) is 0 Å². The third-order valence-corrected chi connectivity index (χ3v) is 5.09. The van der Waals surface area contributed by atoms with Gasteiger partial charge in [-0.15, -0.1) is 5.10 Å². The van der Waals surface area contributed by atoms with Crippen molar-refractivity contribution in [2.45, 2.75) is 0 Å². The highest BCUT2D eigenvalue weighted by Crippen LogP contribution is 2.39. The first-order valence-corrected chi connectivity index (χ1v) is 10.9. The summed E-state index contributed by atoms with van der Waals surface area (Å²) in [4.78, 5) is 2.88. The molecule has 0 fully saturated rings. The molecule has 0 atom stereocenters. The van der Waals surface area contributed by atoms with E-state index in [9.17, 15) is 21.6 Å². The molecule has 3 N–H and O–H groups in total. The van der Waals surface area contributed by atoms with Crippen molar-refractivity contribution in [1.82, 2.24) is 19.9 Å². The SMILES string of the molecule is CS(=O)(=O)NCCNc1nnc(-c2c(-c3ccc(F)cc3)[nH]c3c(F)cc(F)cc23)o1. The summed E-state index contributed by atoms with van der Waals surface area (Å²) in [5.41, 5.74) is 1.11. The van der Waals surface area contributed by atoms with E-state index in [0.29, 0.717) is 11.3 Å². The van der Waals surface area contributed by atoms with Crippen LogP contribution in [0.2, 0.25) is 0 Å². The maximum Gasteiger partial charge on any atom is 0.315 e. The Labute approximate surface area is 174 Å². The monoisotopic (exact) mass is 451 g/mol. The summed E-state index contributed by atoms with van der Waals surface area (Å²) in [7, 11) is -3.34. The Bertz CT molecular complexity index is 1350. The second-order valence-electron chi connectivity index (χ2n) is 6.70. The van der Waals surface area contributed by atoms with Crippen LogP contribution < -0.4 is 10.0 Å². The van der Waals surface area contributed by atoms with Gasteiger partial charge in [-0.25, -0.2) is 26.3 Å². The number of rotatable bonds is 7. The number of H-pyrrole nitrogens is 1. The number of halogens is 3. The van der Waals surface area contributed by atoms with Crippen LogP contribution in [-0.2, 0) is 10.0 Å². The topological polar surface area (TPSA) is 113 Å². The third-order valence-electron chi connectivity index (χ3n) is 4.36. The summed E-state index contributed by atoms with van der Waals surface area (Å²) in [6, 6.07) is 7.28. The number of nitrogens with zero attached hydrogens (tertiary/aromatic N) is 2. The Kier molecular flexibility index (Phi) is 5.41. The second kappa shape index (κ2) is 8.04. The Morgan fingerprint density at radius 2 is 1.77 bits per heavy atom. The van der Waals surface area contributed by atoms with Crippen molar-refractivity contribution in [2.75, 3.05) is 24.7 Å². The maximum atomic E-state index is 14.4. The fourth-order valence-electron chi connectivity index (χ4n) is 3.08. The minimum absolute atomic E-state index is 0.0124. The van der Waals surface area contributed by atoms with E-state index < -0.39 is 27.5 Å². The molecular formula is C19H16F3N5O3S. The van der Waals surface area contributed by atoms with E-state index in [4.69, 9.17) is 4.42 Å². The van der Waals surface area contributed by atoms with Gasteiger partial charge in [0.1, 0.15) is 17.5 Å². The van der Waals surface area contributed by atoms with Crippen LogP contribution in [0.3, 0.4) is 0 Å². The van der Waals surface area contributed by atoms with Crippen molar-refractivity contribution >= 4 is 26.9 Å². The summed E-state index contributed by atoms with van der Waals surface area (Å²) in [6.07, 6.45) is 1.03. The molecular weight excluding hydrogens is 435 g/mol. The number of hydrogen-bond acceptors (Lipinski definition) is 6. The number of aromatic amines is 1. The van der Waals surface area contributed by atoms with E-state index in [1.54, 1.807) is 0 Å². The number of fused-ring (bicyclic) bond motifs is 1. The maximum absolute atomic E-state index is 14.4. The Morgan fingerprint density at radius 1 is 1.03 bits per heavy atom. The first-order valence-electron chi connectivity index (χ1n) is 9.00. The van der Waals surface area contributed by atoms with Crippen molar-refractivity contribution in [2.24, 2.45) is 0 Å². The molecule has 0 saturated carbocycles. The lowest BCUT2D eigenvalue weighted by atomic mass is 10.0. The molecule has 0 unspecified atom stereocenters. The average molecular weight is 451 g/mol. The average Bonchev–Trinajstić information content (AvgIpc) is 3.29. The van der Waals surface area contributed by atoms with Crippen LogP contribution in [0.15, 0.2) is 40.8 Å². The van der Waals surface area contributed by atoms with Crippen molar-refractivity contribution in [1.29, 1.82) is 0 Å². The molecule has 2 aromatic carbocycles. The predicted octanol–water partition coefficient (Wildman–Crippen LogP) is 3.26. The second-order valence-corrected chi connectivity index (χ2v) is 8.53. The fraction of sp³-hybridized carbons (Fsp3) is 0.158. The first kappa shape index (κ1) is 20.9. The lowest BCUT2D eigenvalue weighted by Crippen LogP contribution is -2.27. The molecule has 0 spiro atoms. The van der Waals surface area contributed by atoms with Crippen molar-refractivity contribution in [3.05, 3.63) is 53.8 Å². The number of hydrogen-bond donors (Lipinski definition) is 3. The molecule has 0 amide bonds. The highest BCUT2D eigenvalue weighted by Gasteiger charge is 2.23. The zero-order valence-corrected chi connectivity index (χ0v) is 16.9. The van der Waals surface area contributed by atoms with E-state index in [-0.39, 0.29) is 41.5 Å². The number of sulfonamides is 1. The van der Waals surface area contributed by atoms with Crippen LogP contribution in [0.25, 0.3) is 33.6 Å². The highest BCUT2D eigenvalue weighted by atomic mass is 32.2. The molecule has 8 nitrogen and oxygen atoms in total. The molecule has 2 aromatic heterocycles. The van der Waals surface area contributed by atoms with Crippen LogP contribution in [0, 0.1) is 17.5 Å². The number of benzene rings is 2. The molecule has 12 heteroatoms. The minimum atomic E-state index is -3.34. The molecule has 0 saturated heterocycles. The van der Waals surface area contributed by atoms with Gasteiger partial charge in [-0.1, -0.05) is 5.10 Å². The van der Waals surface area contributed by atoms with Gasteiger partial charge in [0.05, 0.1) is 23.0 Å². The smallest absolute Gasteiger partial charge is 0.315 e. The van der Waals surface area contributed by atoms with Crippen molar-refractivity contribution < 1.29 is 26.0 Å². The summed E-state index contributed by atoms with van der Waals surface area (Å²) in [6.45, 7) is 0.248. The lowest BCUT2D eigenvalue weighted by molar-refractivity contribution is 0.576. The van der Waals surface area contributed by atoms with Crippen LogP contribution >= 0.6 is 0 Å². The van der Waals surface area contributed by atoms with Gasteiger partial charge in [-0.05, 0) is 35.9 Å². The molecule has 4 rings (SSSR count). The van der Waals surface area contributed by atoms with Crippen molar-refractivity contribution in [3.8, 4) is 22.7 Å². The van der Waals surface area contributed by atoms with Gasteiger partial charge in [0.25, 0.3) is 5.89 Å². The number of nitrogens with one attached hydrogen (secondary N) is 3. The lowest BCUT2D eigenvalue weighted by Gasteiger charge is -2.03. The van der Waals surface area contributed by atoms with Crippen LogP contribution in [0.4, 0.5) is 19.2 Å². The van der Waals surface area contributed by atoms with Crippen molar-refractivity contribution in [3.63, 3.8) is 0 Å². The predicted molar refractivity (Wildman–Crippen MR) is 108 cm³/mol. The molecule has 4 aromatic rings. The minimum Gasteiger partial charge on any atom is -0.403 e. The van der Waals surface area contributed by atoms with Gasteiger partial charge in [0.15, 0.2) is 0 Å². The standard InChI is InChI=1S/C19H16F3N5O3S/c1-31(28,29)24-7-6-23-19-27-26-18(30-19)15-13-8-12(21)9-14(22)17(13)25-16(15)10-2-4-11(20)5-3-10/h2-5,8-9,24-25H,6-7H2,1H3,(H,23,27). The quantitative estimate of drug-likeness (QED) is 0.372. The van der Waals surface area contributed by atoms with E-state index >= 15 is 0 Å². The van der Waals surface area contributed by atoms with Gasteiger partial charge < -0.3 is 14.7 Å². The zero-order chi connectivity index (χ0) is 22.2. The van der Waals surface area contributed by atoms with Gasteiger partial charge in [0.2, 0.25) is 10.0 Å². The molecule has 0 bridgehead atoms. The molecule has 0 aliphatic rings. The molecule has 2 heterocycles. The largest absolute Gasteiger partial charge is 0.403 e. The molecule has 162 valence electrons. The molecule has 0 radical (unpaired) electrons. The Morgan fingerprint density at radius 3 is 2.48 bits per heavy atom. The van der Waals surface area contributed by atoms with Gasteiger partial charge >= 0.3 is 6.01 Å². The summed E-state index contributed by atoms with van der Waals surface area (Å²) in [5, 5.41) is 10.7. The van der Waals surface area contributed by atoms with E-state index in [2.05, 4.69) is 25.2 Å². The normalized spacial score (nSPS) is 11.9. The first-order chi connectivity index (χ1) is 14.7. The van der Waals surface area contributed by atoms with Crippen LogP contribution in [0.1, 0.15) is 0 Å². The highest BCUT2D eigenvalue weighted by molar-refractivity contribution is 7.88. The van der Waals surface area contributed by atoms with Crippen LogP contribution in [0.5, 0.6) is 0 Å². The third kappa shape index (κ3) is 4.54. The number of aromatic nitrogens is 3. The zero-order valence-electron chi connectivity index (χ0n) is 16.0. The van der Waals surface area contributed by atoms with Crippen LogP contribution in [-0.4, -0.2) is 42.9 Å². The van der Waals surface area contributed by atoms with E-state index in [1.165, 1.54) is 24.3 Å².